The fourth-order valence-electron chi connectivity index (χ4n) is 1.98. The molecule has 0 spiro atoms. The third kappa shape index (κ3) is 2.59. The van der Waals surface area contributed by atoms with E-state index in [9.17, 15) is 8.42 Å². The van der Waals surface area contributed by atoms with E-state index >= 15 is 0 Å². The molecule has 21 heavy (non-hydrogen) atoms. The zero-order valence-electron chi connectivity index (χ0n) is 11.2. The van der Waals surface area contributed by atoms with E-state index in [2.05, 4.69) is 9.36 Å². The van der Waals surface area contributed by atoms with Crippen molar-refractivity contribution in [2.75, 3.05) is 0 Å². The van der Waals surface area contributed by atoms with Gasteiger partial charge in [-0.15, -0.1) is 0 Å². The van der Waals surface area contributed by atoms with E-state index in [1.54, 1.807) is 25.1 Å². The molecule has 0 atom stereocenters. The molecule has 2 aromatic carbocycles. The van der Waals surface area contributed by atoms with Gasteiger partial charge in [-0.1, -0.05) is 48.5 Å². The van der Waals surface area contributed by atoms with Crippen molar-refractivity contribution in [3.8, 4) is 11.4 Å². The largest absolute Gasteiger partial charge is 0.235 e. The van der Waals surface area contributed by atoms with Crippen LogP contribution in [0.25, 0.3) is 11.4 Å². The van der Waals surface area contributed by atoms with Crippen molar-refractivity contribution in [2.45, 2.75) is 16.2 Å². The van der Waals surface area contributed by atoms with Crippen LogP contribution in [0.4, 0.5) is 0 Å². The molecule has 4 nitrogen and oxygen atoms in total. The third-order valence-electron chi connectivity index (χ3n) is 3.05. The smallest absolute Gasteiger partial charge is 0.216 e. The summed E-state index contributed by atoms with van der Waals surface area (Å²) < 4.78 is 29.4. The van der Waals surface area contributed by atoms with Gasteiger partial charge in [-0.05, 0) is 30.1 Å². The van der Waals surface area contributed by atoms with Crippen LogP contribution in [0.5, 0.6) is 0 Å². The van der Waals surface area contributed by atoms with Crippen LogP contribution in [0, 0.1) is 6.92 Å². The Kier molecular flexibility index (Phi) is 3.57. The highest BCUT2D eigenvalue weighted by Crippen LogP contribution is 2.27. The summed E-state index contributed by atoms with van der Waals surface area (Å²) in [6, 6.07) is 16.2. The Hall–Kier alpha value is -2.05. The highest BCUT2D eigenvalue weighted by Gasteiger charge is 2.24. The first-order valence-electron chi connectivity index (χ1n) is 6.29. The van der Waals surface area contributed by atoms with E-state index in [0.717, 1.165) is 17.1 Å². The van der Waals surface area contributed by atoms with Crippen LogP contribution in [0.1, 0.15) is 5.56 Å². The van der Waals surface area contributed by atoms with Crippen molar-refractivity contribution >= 4 is 21.4 Å². The van der Waals surface area contributed by atoms with Crippen LogP contribution < -0.4 is 0 Å². The number of hydrogen-bond acceptors (Lipinski definition) is 5. The summed E-state index contributed by atoms with van der Waals surface area (Å²) in [5, 5.41) is 0. The molecule has 0 radical (unpaired) electrons. The molecule has 6 heteroatoms. The van der Waals surface area contributed by atoms with Crippen molar-refractivity contribution in [1.82, 2.24) is 9.36 Å². The van der Waals surface area contributed by atoms with E-state index in [1.165, 1.54) is 0 Å². The molecule has 0 fully saturated rings. The van der Waals surface area contributed by atoms with Crippen LogP contribution in [-0.4, -0.2) is 17.8 Å². The highest BCUT2D eigenvalue weighted by atomic mass is 32.2. The van der Waals surface area contributed by atoms with Gasteiger partial charge in [0.05, 0.1) is 4.90 Å². The van der Waals surface area contributed by atoms with Crippen LogP contribution in [0.3, 0.4) is 0 Å². The maximum atomic E-state index is 12.6. The lowest BCUT2D eigenvalue weighted by Gasteiger charge is -2.03. The van der Waals surface area contributed by atoms with Crippen LogP contribution in [0.15, 0.2) is 63.8 Å². The standard InChI is InChI=1S/C15H12N2O2S2/c1-11-7-5-6-10-13(11)21(18,19)15-16-14(17-20-15)12-8-3-2-4-9-12/h2-10H,1H3. The van der Waals surface area contributed by atoms with E-state index in [4.69, 9.17) is 0 Å². The molecule has 0 aliphatic carbocycles. The van der Waals surface area contributed by atoms with E-state index in [0.29, 0.717) is 11.4 Å². The normalized spacial score (nSPS) is 11.5. The minimum absolute atomic E-state index is 0.0238. The van der Waals surface area contributed by atoms with Crippen molar-refractivity contribution in [3.05, 3.63) is 60.2 Å². The SMILES string of the molecule is Cc1ccccc1S(=O)(=O)c1nc(-c2ccccc2)ns1. The first-order valence-corrected chi connectivity index (χ1v) is 8.54. The number of aryl methyl sites for hydroxylation is 1. The number of sulfone groups is 1. The Bertz CT molecular complexity index is 871. The third-order valence-corrected chi connectivity index (χ3v) is 6.03. The molecule has 0 bridgehead atoms. The average molecular weight is 316 g/mol. The molecule has 106 valence electrons. The molecule has 1 aromatic heterocycles. The van der Waals surface area contributed by atoms with Gasteiger partial charge in [-0.3, -0.25) is 0 Å². The monoisotopic (exact) mass is 316 g/mol. The second kappa shape index (κ2) is 5.38. The molecule has 0 saturated carbocycles. The van der Waals surface area contributed by atoms with Crippen molar-refractivity contribution < 1.29 is 8.42 Å². The number of nitrogens with zero attached hydrogens (tertiary/aromatic N) is 2. The van der Waals surface area contributed by atoms with Gasteiger partial charge in [0.2, 0.25) is 14.2 Å². The zero-order chi connectivity index (χ0) is 14.9. The Morgan fingerprint density at radius 2 is 1.62 bits per heavy atom. The Labute approximate surface area is 127 Å². The minimum atomic E-state index is -3.61. The predicted molar refractivity (Wildman–Crippen MR) is 82.0 cm³/mol. The second-order valence-electron chi connectivity index (χ2n) is 4.52. The fraction of sp³-hybridized carbons (Fsp3) is 0.0667. The summed E-state index contributed by atoms with van der Waals surface area (Å²) in [6.45, 7) is 1.77. The molecule has 0 N–H and O–H groups in total. The van der Waals surface area contributed by atoms with Gasteiger partial charge in [0.25, 0.3) is 0 Å². The zero-order valence-corrected chi connectivity index (χ0v) is 12.9. The molecular weight excluding hydrogens is 304 g/mol. The van der Waals surface area contributed by atoms with Gasteiger partial charge in [0.1, 0.15) is 0 Å². The molecular formula is C15H12N2O2S2. The number of aromatic nitrogens is 2. The van der Waals surface area contributed by atoms with Gasteiger partial charge >= 0.3 is 0 Å². The van der Waals surface area contributed by atoms with Crippen molar-refractivity contribution in [1.29, 1.82) is 0 Å². The summed E-state index contributed by atoms with van der Waals surface area (Å²) in [5.41, 5.74) is 1.51. The van der Waals surface area contributed by atoms with Gasteiger partial charge in [-0.25, -0.2) is 13.4 Å². The van der Waals surface area contributed by atoms with Gasteiger partial charge < -0.3 is 0 Å². The van der Waals surface area contributed by atoms with E-state index < -0.39 is 9.84 Å². The molecule has 3 aromatic rings. The Balaban J connectivity index is 2.06. The van der Waals surface area contributed by atoms with E-state index in [-0.39, 0.29) is 9.24 Å². The minimum Gasteiger partial charge on any atom is -0.216 e. The summed E-state index contributed by atoms with van der Waals surface area (Å²) in [7, 11) is -3.61. The lowest BCUT2D eigenvalue weighted by atomic mass is 10.2. The predicted octanol–water partition coefficient (Wildman–Crippen LogP) is 3.35. The highest BCUT2D eigenvalue weighted by molar-refractivity contribution is 7.93. The molecule has 0 aliphatic rings. The second-order valence-corrected chi connectivity index (χ2v) is 7.36. The van der Waals surface area contributed by atoms with Gasteiger partial charge in [-0.2, -0.15) is 4.37 Å². The Morgan fingerprint density at radius 1 is 0.952 bits per heavy atom. The average Bonchev–Trinajstić information content (AvgIpc) is 2.99. The molecule has 0 saturated heterocycles. The maximum absolute atomic E-state index is 12.6. The quantitative estimate of drug-likeness (QED) is 0.743. The first kappa shape index (κ1) is 13.9. The maximum Gasteiger partial charge on any atom is 0.235 e. The summed E-state index contributed by atoms with van der Waals surface area (Å²) in [5.74, 6) is 0.438. The first-order chi connectivity index (χ1) is 10.1. The Morgan fingerprint density at radius 3 is 2.33 bits per heavy atom. The van der Waals surface area contributed by atoms with Crippen LogP contribution in [-0.2, 0) is 9.84 Å². The lowest BCUT2D eigenvalue weighted by molar-refractivity contribution is 0.595. The summed E-state index contributed by atoms with van der Waals surface area (Å²) in [6.07, 6.45) is 0. The van der Waals surface area contributed by atoms with Gasteiger partial charge in [0.15, 0.2) is 5.82 Å². The lowest BCUT2D eigenvalue weighted by Crippen LogP contribution is -2.03. The van der Waals surface area contributed by atoms with E-state index in [1.807, 2.05) is 36.4 Å². The molecule has 0 amide bonds. The van der Waals surface area contributed by atoms with Crippen LogP contribution in [0.2, 0.25) is 0 Å². The molecule has 3 rings (SSSR count). The number of benzene rings is 2. The fourth-order valence-corrected chi connectivity index (χ4v) is 4.33. The van der Waals surface area contributed by atoms with Crippen LogP contribution >= 0.6 is 11.5 Å². The number of rotatable bonds is 3. The molecule has 0 aliphatic heterocycles. The molecule has 0 unspecified atom stereocenters. The van der Waals surface area contributed by atoms with Gasteiger partial charge in [0, 0.05) is 5.56 Å². The van der Waals surface area contributed by atoms with Crippen molar-refractivity contribution in [2.24, 2.45) is 0 Å². The summed E-state index contributed by atoms with van der Waals surface area (Å²) in [4.78, 5) is 4.47. The van der Waals surface area contributed by atoms with Crippen molar-refractivity contribution in [3.63, 3.8) is 0 Å². The summed E-state index contributed by atoms with van der Waals surface area (Å²) >= 11 is 0.906. The molecule has 1 heterocycles. The number of hydrogen-bond donors (Lipinski definition) is 0. The topological polar surface area (TPSA) is 59.9 Å².